The molecule has 2 rings (SSSR count). The first-order valence-corrected chi connectivity index (χ1v) is 6.72. The molecule has 1 aliphatic rings. The molecule has 102 valence electrons. The van der Waals surface area contributed by atoms with Crippen molar-refractivity contribution in [1.82, 2.24) is 5.32 Å². The highest BCUT2D eigenvalue weighted by Gasteiger charge is 2.35. The van der Waals surface area contributed by atoms with Crippen LogP contribution in [0.4, 0.5) is 0 Å². The minimum Gasteiger partial charge on any atom is -0.460 e. The summed E-state index contributed by atoms with van der Waals surface area (Å²) < 4.78 is 5.38. The van der Waals surface area contributed by atoms with Gasteiger partial charge >= 0.3 is 5.97 Å². The zero-order valence-corrected chi connectivity index (χ0v) is 11.1. The fraction of sp³-hybridized carbons (Fsp3) is 0.467. The summed E-state index contributed by atoms with van der Waals surface area (Å²) in [6.07, 6.45) is 1.79. The fourth-order valence-corrected chi connectivity index (χ4v) is 2.29. The SMILES string of the molecule is CCCC(=O)O[C@@H]1CC(=O)N[C@@H]1Cc1ccccc1. The van der Waals surface area contributed by atoms with Crippen LogP contribution in [0.25, 0.3) is 0 Å². The van der Waals surface area contributed by atoms with Gasteiger partial charge in [-0.1, -0.05) is 37.3 Å². The molecule has 1 aliphatic heterocycles. The molecule has 0 spiro atoms. The second kappa shape index (κ2) is 6.36. The van der Waals surface area contributed by atoms with E-state index in [4.69, 9.17) is 4.74 Å². The third-order valence-corrected chi connectivity index (χ3v) is 3.22. The van der Waals surface area contributed by atoms with Crippen LogP contribution in [0.5, 0.6) is 0 Å². The number of nitrogens with one attached hydrogen (secondary N) is 1. The molecule has 1 aromatic carbocycles. The third-order valence-electron chi connectivity index (χ3n) is 3.22. The molecule has 1 heterocycles. The standard InChI is InChI=1S/C15H19NO3/c1-2-6-15(18)19-13-10-14(17)16-12(13)9-11-7-4-3-5-8-11/h3-5,7-8,12-13H,2,6,9-10H2,1H3,(H,16,17)/t12-,13-/m1/s1. The van der Waals surface area contributed by atoms with E-state index in [1.165, 1.54) is 0 Å². The van der Waals surface area contributed by atoms with Gasteiger partial charge in [0, 0.05) is 6.42 Å². The van der Waals surface area contributed by atoms with Gasteiger partial charge in [-0.05, 0) is 18.4 Å². The van der Waals surface area contributed by atoms with Crippen LogP contribution in [0.1, 0.15) is 31.7 Å². The summed E-state index contributed by atoms with van der Waals surface area (Å²) in [7, 11) is 0. The molecule has 0 saturated carbocycles. The van der Waals surface area contributed by atoms with Crippen LogP contribution >= 0.6 is 0 Å². The maximum atomic E-state index is 11.5. The molecule has 2 atom stereocenters. The highest BCUT2D eigenvalue weighted by molar-refractivity contribution is 5.80. The number of amides is 1. The molecule has 1 amide bonds. The fourth-order valence-electron chi connectivity index (χ4n) is 2.29. The van der Waals surface area contributed by atoms with Crippen LogP contribution in [0.3, 0.4) is 0 Å². The highest BCUT2D eigenvalue weighted by Crippen LogP contribution is 2.18. The van der Waals surface area contributed by atoms with Crippen molar-refractivity contribution in [2.45, 2.75) is 44.8 Å². The summed E-state index contributed by atoms with van der Waals surface area (Å²) in [5.74, 6) is -0.266. The Morgan fingerprint density at radius 3 is 2.79 bits per heavy atom. The minimum absolute atomic E-state index is 0.0461. The Kier molecular flexibility index (Phi) is 4.55. The smallest absolute Gasteiger partial charge is 0.306 e. The molecule has 0 unspecified atom stereocenters. The Morgan fingerprint density at radius 2 is 2.11 bits per heavy atom. The molecule has 1 aromatic rings. The van der Waals surface area contributed by atoms with E-state index in [-0.39, 0.29) is 30.4 Å². The number of benzene rings is 1. The first-order chi connectivity index (χ1) is 9.19. The van der Waals surface area contributed by atoms with Crippen molar-refractivity contribution >= 4 is 11.9 Å². The number of carbonyl (C=O) groups is 2. The lowest BCUT2D eigenvalue weighted by Crippen LogP contribution is -2.36. The van der Waals surface area contributed by atoms with Crippen LogP contribution < -0.4 is 5.32 Å². The molecule has 0 aromatic heterocycles. The van der Waals surface area contributed by atoms with Crippen molar-refractivity contribution in [3.8, 4) is 0 Å². The van der Waals surface area contributed by atoms with Gasteiger partial charge in [-0.2, -0.15) is 0 Å². The summed E-state index contributed by atoms with van der Waals surface area (Å²) in [5, 5.41) is 2.88. The van der Waals surface area contributed by atoms with Crippen molar-refractivity contribution in [2.24, 2.45) is 0 Å². The third kappa shape index (κ3) is 3.81. The van der Waals surface area contributed by atoms with Gasteiger partial charge in [0.1, 0.15) is 6.10 Å². The lowest BCUT2D eigenvalue weighted by molar-refractivity contribution is -0.149. The Hall–Kier alpha value is -1.84. The Morgan fingerprint density at radius 1 is 1.37 bits per heavy atom. The molecule has 4 nitrogen and oxygen atoms in total. The van der Waals surface area contributed by atoms with Crippen LogP contribution in [0.2, 0.25) is 0 Å². The van der Waals surface area contributed by atoms with Crippen LogP contribution in [-0.2, 0) is 20.7 Å². The average molecular weight is 261 g/mol. The lowest BCUT2D eigenvalue weighted by Gasteiger charge is -2.19. The topological polar surface area (TPSA) is 55.4 Å². The maximum Gasteiger partial charge on any atom is 0.306 e. The van der Waals surface area contributed by atoms with Gasteiger partial charge in [-0.3, -0.25) is 9.59 Å². The average Bonchev–Trinajstić information content (AvgIpc) is 2.71. The zero-order valence-electron chi connectivity index (χ0n) is 11.1. The van der Waals surface area contributed by atoms with Crippen LogP contribution in [-0.4, -0.2) is 24.0 Å². The van der Waals surface area contributed by atoms with E-state index in [1.807, 2.05) is 37.3 Å². The molecule has 0 bridgehead atoms. The van der Waals surface area contributed by atoms with Gasteiger partial charge in [0.05, 0.1) is 12.5 Å². The number of hydrogen-bond acceptors (Lipinski definition) is 3. The van der Waals surface area contributed by atoms with E-state index in [0.29, 0.717) is 12.8 Å². The molecular weight excluding hydrogens is 242 g/mol. The monoisotopic (exact) mass is 261 g/mol. The number of esters is 1. The highest BCUT2D eigenvalue weighted by atomic mass is 16.5. The molecule has 1 saturated heterocycles. The van der Waals surface area contributed by atoms with E-state index in [2.05, 4.69) is 5.32 Å². The van der Waals surface area contributed by atoms with Crippen molar-refractivity contribution in [3.63, 3.8) is 0 Å². The molecule has 0 radical (unpaired) electrons. The van der Waals surface area contributed by atoms with Crippen molar-refractivity contribution in [3.05, 3.63) is 35.9 Å². The zero-order chi connectivity index (χ0) is 13.7. The first-order valence-electron chi connectivity index (χ1n) is 6.72. The molecular formula is C15H19NO3. The van der Waals surface area contributed by atoms with E-state index in [1.54, 1.807) is 0 Å². The largest absolute Gasteiger partial charge is 0.460 e. The van der Waals surface area contributed by atoms with E-state index in [0.717, 1.165) is 12.0 Å². The lowest BCUT2D eigenvalue weighted by atomic mass is 10.0. The Balaban J connectivity index is 1.97. The van der Waals surface area contributed by atoms with Crippen molar-refractivity contribution in [1.29, 1.82) is 0 Å². The minimum atomic E-state index is -0.341. The molecule has 1 N–H and O–H groups in total. The van der Waals surface area contributed by atoms with E-state index in [9.17, 15) is 9.59 Å². The molecule has 19 heavy (non-hydrogen) atoms. The second-order valence-electron chi connectivity index (χ2n) is 4.85. The van der Waals surface area contributed by atoms with Gasteiger partial charge in [-0.25, -0.2) is 0 Å². The number of ether oxygens (including phenoxy) is 1. The Labute approximate surface area is 113 Å². The predicted octanol–water partition coefficient (Wildman–Crippen LogP) is 1.83. The van der Waals surface area contributed by atoms with E-state index < -0.39 is 0 Å². The second-order valence-corrected chi connectivity index (χ2v) is 4.85. The summed E-state index contributed by atoms with van der Waals surface area (Å²) in [6, 6.07) is 9.78. The number of rotatable bonds is 5. The first kappa shape index (κ1) is 13.6. The van der Waals surface area contributed by atoms with Crippen molar-refractivity contribution < 1.29 is 14.3 Å². The normalized spacial score (nSPS) is 22.1. The molecule has 1 fully saturated rings. The molecule has 0 aliphatic carbocycles. The Bertz CT molecular complexity index is 444. The maximum absolute atomic E-state index is 11.5. The van der Waals surface area contributed by atoms with Crippen LogP contribution in [0, 0.1) is 0 Å². The van der Waals surface area contributed by atoms with Gasteiger partial charge in [-0.15, -0.1) is 0 Å². The predicted molar refractivity (Wildman–Crippen MR) is 71.5 cm³/mol. The van der Waals surface area contributed by atoms with Crippen LogP contribution in [0.15, 0.2) is 30.3 Å². The quantitative estimate of drug-likeness (QED) is 0.823. The number of hydrogen-bond donors (Lipinski definition) is 1. The van der Waals surface area contributed by atoms with Gasteiger partial charge in [0.2, 0.25) is 5.91 Å². The van der Waals surface area contributed by atoms with Crippen molar-refractivity contribution in [2.75, 3.05) is 0 Å². The summed E-state index contributed by atoms with van der Waals surface area (Å²) in [6.45, 7) is 1.93. The number of carbonyl (C=O) groups excluding carboxylic acids is 2. The summed E-state index contributed by atoms with van der Waals surface area (Å²) >= 11 is 0. The summed E-state index contributed by atoms with van der Waals surface area (Å²) in [4.78, 5) is 23.0. The summed E-state index contributed by atoms with van der Waals surface area (Å²) in [5.41, 5.74) is 1.13. The van der Waals surface area contributed by atoms with Gasteiger partial charge in [0.25, 0.3) is 0 Å². The molecule has 4 heteroatoms. The van der Waals surface area contributed by atoms with Gasteiger partial charge < -0.3 is 10.1 Å². The van der Waals surface area contributed by atoms with E-state index >= 15 is 0 Å². The van der Waals surface area contributed by atoms with Gasteiger partial charge in [0.15, 0.2) is 0 Å².